The third-order valence-electron chi connectivity index (χ3n) is 5.59. The number of nitrogens with zero attached hydrogens (tertiary/aromatic N) is 1. The molecule has 1 saturated heterocycles. The first kappa shape index (κ1) is 24.1. The van der Waals surface area contributed by atoms with E-state index < -0.39 is 16.0 Å². The number of rotatable bonds is 6. The van der Waals surface area contributed by atoms with Crippen molar-refractivity contribution in [3.63, 3.8) is 0 Å². The highest BCUT2D eigenvalue weighted by Crippen LogP contribution is 2.22. The number of carbonyl (C=O) groups is 2. The van der Waals surface area contributed by atoms with Gasteiger partial charge in [0.15, 0.2) is 6.61 Å². The van der Waals surface area contributed by atoms with Crippen LogP contribution in [0.15, 0.2) is 41.3 Å². The fourth-order valence-electron chi connectivity index (χ4n) is 3.79. The smallest absolute Gasteiger partial charge is 0.338 e. The molecule has 172 valence electrons. The first-order valence-corrected chi connectivity index (χ1v) is 12.0. The van der Waals surface area contributed by atoms with Gasteiger partial charge in [-0.05, 0) is 81.6 Å². The second-order valence-electron chi connectivity index (χ2n) is 8.35. The number of hydrogen-bond acceptors (Lipinski definition) is 6. The van der Waals surface area contributed by atoms with Gasteiger partial charge in [-0.15, -0.1) is 0 Å². The lowest BCUT2D eigenvalue weighted by Crippen LogP contribution is -2.48. The second kappa shape index (κ2) is 9.52. The summed E-state index contributed by atoms with van der Waals surface area (Å²) in [4.78, 5) is 25.0. The Morgan fingerprint density at radius 2 is 1.53 bits per heavy atom. The molecule has 0 aromatic heterocycles. The molecule has 8 heteroatoms. The Kier molecular flexibility index (Phi) is 7.17. The molecule has 2 aromatic carbocycles. The van der Waals surface area contributed by atoms with Crippen molar-refractivity contribution < 1.29 is 27.5 Å². The third kappa shape index (κ3) is 5.26. The Hall–Kier alpha value is -2.55. The number of sulfonamides is 1. The average molecular weight is 460 g/mol. The minimum atomic E-state index is -3.70. The molecule has 2 unspecified atom stereocenters. The van der Waals surface area contributed by atoms with E-state index in [9.17, 15) is 18.0 Å². The summed E-state index contributed by atoms with van der Waals surface area (Å²) in [6.07, 6.45) is -0.387. The highest BCUT2D eigenvalue weighted by Gasteiger charge is 2.32. The molecular formula is C24H29NO6S. The van der Waals surface area contributed by atoms with E-state index in [1.54, 1.807) is 6.07 Å². The molecule has 3 rings (SSSR count). The van der Waals surface area contributed by atoms with E-state index in [0.29, 0.717) is 5.56 Å². The molecule has 0 amide bonds. The monoisotopic (exact) mass is 459 g/mol. The standard InChI is InChI=1S/C24H29NO6S/c1-15-10-17(3)22(11-16(15)2)23(26)14-30-24(27)20-6-8-21(9-7-20)32(28,29)25-12-18(4)31-19(5)13-25/h6-11,18-19H,12-14H2,1-5H3. The van der Waals surface area contributed by atoms with Crippen molar-refractivity contribution >= 4 is 21.8 Å². The summed E-state index contributed by atoms with van der Waals surface area (Å²) in [6.45, 7) is 9.57. The maximum Gasteiger partial charge on any atom is 0.338 e. The van der Waals surface area contributed by atoms with Crippen LogP contribution >= 0.6 is 0 Å². The number of aryl methyl sites for hydroxylation is 3. The van der Waals surface area contributed by atoms with Crippen LogP contribution in [-0.2, 0) is 19.5 Å². The van der Waals surface area contributed by atoms with Gasteiger partial charge in [0.05, 0.1) is 22.7 Å². The molecule has 1 aliphatic heterocycles. The number of benzene rings is 2. The van der Waals surface area contributed by atoms with Crippen molar-refractivity contribution in [1.29, 1.82) is 0 Å². The van der Waals surface area contributed by atoms with Crippen molar-refractivity contribution in [2.24, 2.45) is 0 Å². The number of ketones is 1. The van der Waals surface area contributed by atoms with Gasteiger partial charge >= 0.3 is 5.97 Å². The molecule has 7 nitrogen and oxygen atoms in total. The molecule has 32 heavy (non-hydrogen) atoms. The van der Waals surface area contributed by atoms with Gasteiger partial charge < -0.3 is 9.47 Å². The Labute approximate surface area is 189 Å². The summed E-state index contributed by atoms with van der Waals surface area (Å²) in [6, 6.07) is 9.29. The van der Waals surface area contributed by atoms with Gasteiger partial charge in [0.2, 0.25) is 15.8 Å². The van der Waals surface area contributed by atoms with E-state index in [-0.39, 0.29) is 48.1 Å². The number of hydrogen-bond donors (Lipinski definition) is 0. The Morgan fingerprint density at radius 3 is 2.12 bits per heavy atom. The summed E-state index contributed by atoms with van der Waals surface area (Å²) in [7, 11) is -3.70. The van der Waals surface area contributed by atoms with E-state index in [0.717, 1.165) is 16.7 Å². The number of esters is 1. The predicted octanol–water partition coefficient (Wildman–Crippen LogP) is 3.45. The van der Waals surface area contributed by atoms with E-state index in [4.69, 9.17) is 9.47 Å². The number of carbonyl (C=O) groups excluding carboxylic acids is 2. The molecule has 1 aliphatic rings. The zero-order chi connectivity index (χ0) is 23.6. The van der Waals surface area contributed by atoms with E-state index in [1.807, 2.05) is 40.7 Å². The largest absolute Gasteiger partial charge is 0.454 e. The van der Waals surface area contributed by atoms with Crippen molar-refractivity contribution in [3.05, 3.63) is 64.2 Å². The lowest BCUT2D eigenvalue weighted by molar-refractivity contribution is -0.0440. The normalized spacial score (nSPS) is 19.5. The number of ether oxygens (including phenoxy) is 2. The Bertz CT molecular complexity index is 1110. The lowest BCUT2D eigenvalue weighted by atomic mass is 9.98. The zero-order valence-electron chi connectivity index (χ0n) is 19.0. The SMILES string of the molecule is Cc1cc(C)c(C(=O)COC(=O)c2ccc(S(=O)(=O)N3CC(C)OC(C)C3)cc2)cc1C. The first-order valence-electron chi connectivity index (χ1n) is 10.5. The molecule has 0 saturated carbocycles. The van der Waals surface area contributed by atoms with Gasteiger partial charge in [0.1, 0.15) is 0 Å². The average Bonchev–Trinajstić information content (AvgIpc) is 2.73. The third-order valence-corrected chi connectivity index (χ3v) is 7.44. The van der Waals surface area contributed by atoms with Crippen LogP contribution in [0.1, 0.15) is 51.3 Å². The van der Waals surface area contributed by atoms with Gasteiger partial charge in [-0.1, -0.05) is 6.07 Å². The van der Waals surface area contributed by atoms with E-state index >= 15 is 0 Å². The molecular weight excluding hydrogens is 430 g/mol. The summed E-state index contributed by atoms with van der Waals surface area (Å²) < 4.78 is 38.0. The van der Waals surface area contributed by atoms with Gasteiger partial charge in [-0.3, -0.25) is 4.79 Å². The van der Waals surface area contributed by atoms with Crippen LogP contribution in [0.3, 0.4) is 0 Å². The molecule has 1 fully saturated rings. The van der Waals surface area contributed by atoms with Crippen LogP contribution in [0, 0.1) is 20.8 Å². The minimum Gasteiger partial charge on any atom is -0.454 e. The quantitative estimate of drug-likeness (QED) is 0.486. The number of Topliss-reactive ketones (excluding diaryl/α,β-unsaturated/α-hetero) is 1. The molecule has 2 aromatic rings. The Balaban J connectivity index is 1.66. The molecule has 1 heterocycles. The van der Waals surface area contributed by atoms with Crippen LogP contribution in [0.5, 0.6) is 0 Å². The van der Waals surface area contributed by atoms with Crippen LogP contribution in [0.2, 0.25) is 0 Å². The van der Waals surface area contributed by atoms with Crippen molar-refractivity contribution in [2.45, 2.75) is 51.7 Å². The van der Waals surface area contributed by atoms with E-state index in [1.165, 1.54) is 28.6 Å². The molecule has 0 bridgehead atoms. The fraction of sp³-hybridized carbons (Fsp3) is 0.417. The van der Waals surface area contributed by atoms with Crippen LogP contribution in [0.25, 0.3) is 0 Å². The molecule has 2 atom stereocenters. The lowest BCUT2D eigenvalue weighted by Gasteiger charge is -2.34. The first-order chi connectivity index (χ1) is 15.0. The van der Waals surface area contributed by atoms with E-state index in [2.05, 4.69) is 0 Å². The highest BCUT2D eigenvalue weighted by atomic mass is 32.2. The summed E-state index contributed by atoms with van der Waals surface area (Å²) in [5, 5.41) is 0. The minimum absolute atomic E-state index is 0.0946. The molecule has 0 spiro atoms. The fourth-order valence-corrected chi connectivity index (χ4v) is 5.38. The van der Waals surface area contributed by atoms with Gasteiger partial charge in [-0.25, -0.2) is 13.2 Å². The van der Waals surface area contributed by atoms with Gasteiger partial charge in [0, 0.05) is 18.7 Å². The van der Waals surface area contributed by atoms with Crippen LogP contribution < -0.4 is 0 Å². The zero-order valence-corrected chi connectivity index (χ0v) is 19.9. The summed E-state index contributed by atoms with van der Waals surface area (Å²) in [5.41, 5.74) is 3.61. The van der Waals surface area contributed by atoms with Gasteiger partial charge in [0.25, 0.3) is 0 Å². The second-order valence-corrected chi connectivity index (χ2v) is 10.3. The number of morpholine rings is 1. The molecule has 0 N–H and O–H groups in total. The highest BCUT2D eigenvalue weighted by molar-refractivity contribution is 7.89. The predicted molar refractivity (Wildman–Crippen MR) is 120 cm³/mol. The molecule has 0 aliphatic carbocycles. The van der Waals surface area contributed by atoms with Crippen LogP contribution in [-0.4, -0.2) is 56.4 Å². The molecule has 0 radical (unpaired) electrons. The topological polar surface area (TPSA) is 90.0 Å². The van der Waals surface area contributed by atoms with Crippen molar-refractivity contribution in [2.75, 3.05) is 19.7 Å². The maximum absolute atomic E-state index is 12.9. The Morgan fingerprint density at radius 1 is 0.969 bits per heavy atom. The maximum atomic E-state index is 12.9. The van der Waals surface area contributed by atoms with Gasteiger partial charge in [-0.2, -0.15) is 4.31 Å². The van der Waals surface area contributed by atoms with Crippen LogP contribution in [0.4, 0.5) is 0 Å². The van der Waals surface area contributed by atoms with Crippen molar-refractivity contribution in [1.82, 2.24) is 4.31 Å². The summed E-state index contributed by atoms with van der Waals surface area (Å²) >= 11 is 0. The summed E-state index contributed by atoms with van der Waals surface area (Å²) in [5.74, 6) is -0.967. The van der Waals surface area contributed by atoms with Crippen molar-refractivity contribution in [3.8, 4) is 0 Å².